The van der Waals surface area contributed by atoms with E-state index in [-0.39, 0.29) is 5.92 Å². The third-order valence-electron chi connectivity index (χ3n) is 0.412. The van der Waals surface area contributed by atoms with Crippen LogP contribution in [-0.4, -0.2) is 6.29 Å². The van der Waals surface area contributed by atoms with Gasteiger partial charge in [0.25, 0.3) is 6.29 Å². The summed E-state index contributed by atoms with van der Waals surface area (Å²) < 4.78 is 0. The smallest absolute Gasteiger partial charge is 0.275 e. The molecule has 0 N–H and O–H groups in total. The first-order valence-corrected chi connectivity index (χ1v) is 2.15. The molecule has 0 aromatic rings. The Hall–Kier alpha value is -0.770. The minimum atomic E-state index is 0.279. The van der Waals surface area contributed by atoms with Crippen molar-refractivity contribution in [2.24, 2.45) is 5.92 Å². The van der Waals surface area contributed by atoms with Crippen molar-refractivity contribution in [3.8, 4) is 11.8 Å². The molecular formula is C6H7O. The van der Waals surface area contributed by atoms with E-state index < -0.39 is 0 Å². The summed E-state index contributed by atoms with van der Waals surface area (Å²) in [7, 11) is 0. The quantitative estimate of drug-likeness (QED) is 0.406. The van der Waals surface area contributed by atoms with E-state index in [4.69, 9.17) is 0 Å². The molecule has 0 atom stereocenters. The van der Waals surface area contributed by atoms with Crippen LogP contribution in [0.4, 0.5) is 0 Å². The van der Waals surface area contributed by atoms with Crippen LogP contribution in [0.1, 0.15) is 13.8 Å². The molecule has 1 nitrogen and oxygen atoms in total. The molecular weight excluding hydrogens is 88.1 g/mol. The van der Waals surface area contributed by atoms with Crippen LogP contribution in [0.3, 0.4) is 0 Å². The molecule has 0 aromatic heterocycles. The highest BCUT2D eigenvalue weighted by atomic mass is 16.1. The molecule has 0 saturated heterocycles. The van der Waals surface area contributed by atoms with Gasteiger partial charge >= 0.3 is 0 Å². The molecule has 0 aliphatic carbocycles. The van der Waals surface area contributed by atoms with Crippen molar-refractivity contribution in [3.05, 3.63) is 0 Å². The summed E-state index contributed by atoms with van der Waals surface area (Å²) in [5.74, 6) is 5.09. The van der Waals surface area contributed by atoms with Crippen LogP contribution < -0.4 is 0 Å². The summed E-state index contributed by atoms with van der Waals surface area (Å²) in [6, 6.07) is 0. The van der Waals surface area contributed by atoms with Crippen LogP contribution in [0.15, 0.2) is 0 Å². The lowest BCUT2D eigenvalue weighted by atomic mass is 10.2. The molecule has 0 spiro atoms. The molecule has 0 unspecified atom stereocenters. The molecule has 37 valence electrons. The Labute approximate surface area is 43.7 Å². The Morgan fingerprint density at radius 1 is 1.43 bits per heavy atom. The van der Waals surface area contributed by atoms with Gasteiger partial charge in [-0.2, -0.15) is 0 Å². The minimum absolute atomic E-state index is 0.279. The monoisotopic (exact) mass is 95.0 g/mol. The fraction of sp³-hybridized carbons (Fsp3) is 0.500. The van der Waals surface area contributed by atoms with Crippen LogP contribution in [0, 0.1) is 17.8 Å². The van der Waals surface area contributed by atoms with E-state index in [1.54, 1.807) is 0 Å². The van der Waals surface area contributed by atoms with Crippen molar-refractivity contribution in [1.29, 1.82) is 0 Å². The topological polar surface area (TPSA) is 17.1 Å². The number of rotatable bonds is 0. The Morgan fingerprint density at radius 3 is 2.14 bits per heavy atom. The van der Waals surface area contributed by atoms with Gasteiger partial charge in [0.1, 0.15) is 0 Å². The van der Waals surface area contributed by atoms with Gasteiger partial charge < -0.3 is 0 Å². The van der Waals surface area contributed by atoms with Gasteiger partial charge in [-0.05, 0) is 5.92 Å². The Morgan fingerprint density at radius 2 is 2.00 bits per heavy atom. The van der Waals surface area contributed by atoms with Crippen molar-refractivity contribution >= 4 is 6.29 Å². The largest absolute Gasteiger partial charge is 0.284 e. The van der Waals surface area contributed by atoms with E-state index in [1.165, 1.54) is 6.29 Å². The lowest BCUT2D eigenvalue weighted by molar-refractivity contribution is 0.565. The molecule has 0 fully saturated rings. The maximum absolute atomic E-state index is 9.41. The van der Waals surface area contributed by atoms with Crippen molar-refractivity contribution in [2.75, 3.05) is 0 Å². The standard InChI is InChI=1S/C6H7O/c1-6(2)4-3-5-7/h6H,1-2H3. The Balaban J connectivity index is 3.43. The molecule has 0 heterocycles. The normalized spacial score (nSPS) is 7.29. The van der Waals surface area contributed by atoms with E-state index in [1.807, 2.05) is 13.8 Å². The average molecular weight is 95.1 g/mol. The third-order valence-corrected chi connectivity index (χ3v) is 0.412. The second kappa shape index (κ2) is 3.42. The van der Waals surface area contributed by atoms with E-state index in [0.717, 1.165) is 0 Å². The summed E-state index contributed by atoms with van der Waals surface area (Å²) in [5, 5.41) is 0. The molecule has 1 heteroatoms. The van der Waals surface area contributed by atoms with E-state index in [2.05, 4.69) is 11.8 Å². The van der Waals surface area contributed by atoms with Crippen LogP contribution >= 0.6 is 0 Å². The maximum atomic E-state index is 9.41. The number of carbonyl (C=O) groups excluding carboxylic acids is 1. The van der Waals surface area contributed by atoms with Gasteiger partial charge in [0.05, 0.1) is 0 Å². The van der Waals surface area contributed by atoms with E-state index in [0.29, 0.717) is 0 Å². The fourth-order valence-corrected chi connectivity index (χ4v) is 0.174. The molecule has 7 heavy (non-hydrogen) atoms. The molecule has 0 amide bonds. The first-order valence-electron chi connectivity index (χ1n) is 2.15. The third kappa shape index (κ3) is 5.23. The second-order valence-corrected chi connectivity index (χ2v) is 1.53. The molecule has 0 saturated carbocycles. The summed E-state index contributed by atoms with van der Waals surface area (Å²) in [6.07, 6.45) is 1.49. The van der Waals surface area contributed by atoms with Crippen LogP contribution in [0.25, 0.3) is 0 Å². The van der Waals surface area contributed by atoms with Gasteiger partial charge in [0, 0.05) is 5.92 Å². The van der Waals surface area contributed by atoms with Gasteiger partial charge in [-0.25, -0.2) is 0 Å². The molecule has 0 aliphatic heterocycles. The van der Waals surface area contributed by atoms with Crippen molar-refractivity contribution < 1.29 is 4.79 Å². The van der Waals surface area contributed by atoms with Crippen LogP contribution in [-0.2, 0) is 4.79 Å². The lowest BCUT2D eigenvalue weighted by Crippen LogP contribution is -1.76. The highest BCUT2D eigenvalue weighted by Gasteiger charge is 1.77. The van der Waals surface area contributed by atoms with Gasteiger partial charge in [-0.3, -0.25) is 4.79 Å². The molecule has 0 aromatic carbocycles. The van der Waals surface area contributed by atoms with Crippen molar-refractivity contribution in [1.82, 2.24) is 0 Å². The fourth-order valence-electron chi connectivity index (χ4n) is 0.174. The number of hydrogen-bond donors (Lipinski definition) is 0. The van der Waals surface area contributed by atoms with Crippen LogP contribution in [0.2, 0.25) is 0 Å². The minimum Gasteiger partial charge on any atom is -0.275 e. The van der Waals surface area contributed by atoms with Crippen molar-refractivity contribution in [3.63, 3.8) is 0 Å². The molecule has 0 rings (SSSR count). The number of hydrogen-bond acceptors (Lipinski definition) is 1. The summed E-state index contributed by atoms with van der Waals surface area (Å²) in [5.41, 5.74) is 0. The predicted octanol–water partition coefficient (Wildman–Crippen LogP) is 0.755. The average Bonchev–Trinajstić information content (AvgIpc) is 1.61. The predicted molar refractivity (Wildman–Crippen MR) is 28.3 cm³/mol. The van der Waals surface area contributed by atoms with Crippen molar-refractivity contribution in [2.45, 2.75) is 13.8 Å². The summed E-state index contributed by atoms with van der Waals surface area (Å²) >= 11 is 0. The Kier molecular flexibility index (Phi) is 3.04. The zero-order valence-corrected chi connectivity index (χ0v) is 4.49. The highest BCUT2D eigenvalue weighted by molar-refractivity contribution is 5.73. The van der Waals surface area contributed by atoms with Gasteiger partial charge in [0.15, 0.2) is 0 Å². The van der Waals surface area contributed by atoms with E-state index >= 15 is 0 Å². The lowest BCUT2D eigenvalue weighted by Gasteiger charge is -1.81. The first kappa shape index (κ1) is 6.23. The van der Waals surface area contributed by atoms with Gasteiger partial charge in [0.2, 0.25) is 0 Å². The molecule has 1 radical (unpaired) electrons. The molecule has 0 aliphatic rings. The van der Waals surface area contributed by atoms with Gasteiger partial charge in [-0.1, -0.05) is 19.8 Å². The zero-order valence-electron chi connectivity index (χ0n) is 4.49. The summed E-state index contributed by atoms with van der Waals surface area (Å²) in [4.78, 5) is 9.41. The first-order chi connectivity index (χ1) is 3.27. The molecule has 0 bridgehead atoms. The second-order valence-electron chi connectivity index (χ2n) is 1.53. The maximum Gasteiger partial charge on any atom is 0.284 e. The van der Waals surface area contributed by atoms with E-state index in [9.17, 15) is 4.79 Å². The SMILES string of the molecule is CC(C)C#C[C]=O. The Bertz CT molecular complexity index is 103. The highest BCUT2D eigenvalue weighted by Crippen LogP contribution is 1.83. The summed E-state index contributed by atoms with van der Waals surface area (Å²) in [6.45, 7) is 3.84. The zero-order chi connectivity index (χ0) is 5.70. The van der Waals surface area contributed by atoms with Crippen LogP contribution in [0.5, 0.6) is 0 Å². The van der Waals surface area contributed by atoms with Gasteiger partial charge in [-0.15, -0.1) is 0 Å².